The van der Waals surface area contributed by atoms with Gasteiger partial charge in [0.05, 0.1) is 11.4 Å². The van der Waals surface area contributed by atoms with Crippen LogP contribution in [-0.4, -0.2) is 43.6 Å². The Labute approximate surface area is 136 Å². The summed E-state index contributed by atoms with van der Waals surface area (Å²) in [7, 11) is 0. The highest BCUT2D eigenvalue weighted by molar-refractivity contribution is 5.73. The average molecular weight is 313 g/mol. The molecule has 0 aromatic carbocycles. The zero-order valence-electron chi connectivity index (χ0n) is 14.2. The molecule has 0 spiro atoms. The monoisotopic (exact) mass is 313 g/mol. The van der Waals surface area contributed by atoms with Crippen molar-refractivity contribution < 1.29 is 4.79 Å². The Balaban J connectivity index is 1.94. The van der Waals surface area contributed by atoms with Crippen LogP contribution < -0.4 is 0 Å². The molecule has 0 saturated carbocycles. The average Bonchev–Trinajstić information content (AvgIpc) is 3.16. The van der Waals surface area contributed by atoms with E-state index >= 15 is 0 Å². The molecular formula is C17H23N5O. The number of nitrogens with zero attached hydrogens (tertiary/aromatic N) is 5. The van der Waals surface area contributed by atoms with E-state index in [2.05, 4.69) is 35.0 Å². The largest absolute Gasteiger partial charge is 0.342 e. The van der Waals surface area contributed by atoms with Gasteiger partial charge in [0, 0.05) is 43.9 Å². The Morgan fingerprint density at radius 2 is 2.13 bits per heavy atom. The molecule has 0 unspecified atom stereocenters. The van der Waals surface area contributed by atoms with E-state index in [-0.39, 0.29) is 17.9 Å². The number of carbonyl (C=O) groups excluding carboxylic acids is 1. The summed E-state index contributed by atoms with van der Waals surface area (Å²) < 4.78 is 1.97. The maximum atomic E-state index is 11.5. The molecular weight excluding hydrogens is 290 g/mol. The number of aryl methyl sites for hydroxylation is 1. The van der Waals surface area contributed by atoms with Crippen molar-refractivity contribution in [2.75, 3.05) is 13.1 Å². The molecule has 1 amide bonds. The van der Waals surface area contributed by atoms with Gasteiger partial charge in [0.25, 0.3) is 0 Å². The van der Waals surface area contributed by atoms with Crippen LogP contribution in [0.15, 0.2) is 18.3 Å². The predicted molar refractivity (Wildman–Crippen MR) is 88.0 cm³/mol. The molecule has 1 atom stereocenters. The molecule has 0 aliphatic carbocycles. The molecule has 2 aromatic heterocycles. The summed E-state index contributed by atoms with van der Waals surface area (Å²) in [5, 5.41) is 4.39. The van der Waals surface area contributed by atoms with Crippen LogP contribution in [0.5, 0.6) is 0 Å². The Morgan fingerprint density at radius 3 is 2.78 bits per heavy atom. The topological polar surface area (TPSA) is 63.9 Å². The second-order valence-electron chi connectivity index (χ2n) is 6.43. The second-order valence-corrected chi connectivity index (χ2v) is 6.43. The van der Waals surface area contributed by atoms with Crippen molar-refractivity contribution in [3.8, 4) is 11.4 Å². The molecule has 1 saturated heterocycles. The minimum Gasteiger partial charge on any atom is -0.342 e. The first kappa shape index (κ1) is 15.6. The first-order valence-electron chi connectivity index (χ1n) is 8.10. The fourth-order valence-electron chi connectivity index (χ4n) is 3.15. The Kier molecular flexibility index (Phi) is 4.15. The molecule has 0 radical (unpaired) electrons. The van der Waals surface area contributed by atoms with Crippen molar-refractivity contribution in [1.82, 2.24) is 24.6 Å². The van der Waals surface area contributed by atoms with Crippen molar-refractivity contribution in [3.63, 3.8) is 0 Å². The smallest absolute Gasteiger partial charge is 0.219 e. The summed E-state index contributed by atoms with van der Waals surface area (Å²) >= 11 is 0. The minimum atomic E-state index is 0.136. The van der Waals surface area contributed by atoms with Crippen LogP contribution in [0.4, 0.5) is 0 Å². The van der Waals surface area contributed by atoms with E-state index in [0.29, 0.717) is 0 Å². The quantitative estimate of drug-likeness (QED) is 0.873. The molecule has 0 N–H and O–H groups in total. The van der Waals surface area contributed by atoms with Crippen molar-refractivity contribution in [1.29, 1.82) is 0 Å². The Morgan fingerprint density at radius 1 is 1.35 bits per heavy atom. The zero-order valence-corrected chi connectivity index (χ0v) is 14.2. The van der Waals surface area contributed by atoms with Crippen LogP contribution in [0.3, 0.4) is 0 Å². The van der Waals surface area contributed by atoms with E-state index in [1.807, 2.05) is 22.6 Å². The first-order chi connectivity index (χ1) is 11.0. The van der Waals surface area contributed by atoms with Gasteiger partial charge in [0.2, 0.25) is 5.91 Å². The summed E-state index contributed by atoms with van der Waals surface area (Å²) in [5.74, 6) is 1.18. The molecule has 2 aromatic rings. The SMILES string of the molecule is CC(=O)N1CC[C@H](c2cc(-c3ccnn3C(C)C)nc(C)n2)C1. The van der Waals surface area contributed by atoms with E-state index in [4.69, 9.17) is 0 Å². The lowest BCUT2D eigenvalue weighted by molar-refractivity contribution is -0.127. The molecule has 1 fully saturated rings. The van der Waals surface area contributed by atoms with Crippen LogP contribution >= 0.6 is 0 Å². The first-order valence-corrected chi connectivity index (χ1v) is 8.10. The molecule has 0 bridgehead atoms. The van der Waals surface area contributed by atoms with Crippen LogP contribution in [0.25, 0.3) is 11.4 Å². The minimum absolute atomic E-state index is 0.136. The number of hydrogen-bond acceptors (Lipinski definition) is 4. The van der Waals surface area contributed by atoms with Gasteiger partial charge in [-0.25, -0.2) is 9.97 Å². The van der Waals surface area contributed by atoms with E-state index < -0.39 is 0 Å². The third-order valence-corrected chi connectivity index (χ3v) is 4.33. The summed E-state index contributed by atoms with van der Waals surface area (Å²) in [4.78, 5) is 22.6. The van der Waals surface area contributed by atoms with Gasteiger partial charge in [-0.05, 0) is 39.3 Å². The lowest BCUT2D eigenvalue weighted by atomic mass is 10.0. The Bertz CT molecular complexity index is 722. The highest BCUT2D eigenvalue weighted by Crippen LogP contribution is 2.29. The number of likely N-dealkylation sites (tertiary alicyclic amines) is 1. The number of carbonyl (C=O) groups is 1. The molecule has 1 aliphatic rings. The summed E-state index contributed by atoms with van der Waals surface area (Å²) in [6.07, 6.45) is 2.76. The zero-order chi connectivity index (χ0) is 16.6. The lowest BCUT2D eigenvalue weighted by Crippen LogP contribution is -2.25. The fraction of sp³-hybridized carbons (Fsp3) is 0.529. The number of aromatic nitrogens is 4. The van der Waals surface area contributed by atoms with Crippen LogP contribution in [-0.2, 0) is 4.79 Å². The van der Waals surface area contributed by atoms with Gasteiger partial charge in [-0.1, -0.05) is 0 Å². The van der Waals surface area contributed by atoms with E-state index in [1.165, 1.54) is 0 Å². The van der Waals surface area contributed by atoms with Crippen LogP contribution in [0, 0.1) is 6.92 Å². The van der Waals surface area contributed by atoms with E-state index in [1.54, 1.807) is 13.1 Å². The summed E-state index contributed by atoms with van der Waals surface area (Å²) in [5.41, 5.74) is 2.93. The Hall–Kier alpha value is -2.24. The van der Waals surface area contributed by atoms with Gasteiger partial charge in [-0.15, -0.1) is 0 Å². The van der Waals surface area contributed by atoms with E-state index in [9.17, 15) is 4.79 Å². The third kappa shape index (κ3) is 3.11. The van der Waals surface area contributed by atoms with Crippen LogP contribution in [0.1, 0.15) is 50.7 Å². The van der Waals surface area contributed by atoms with Gasteiger partial charge in [-0.2, -0.15) is 5.10 Å². The molecule has 23 heavy (non-hydrogen) atoms. The molecule has 1 aliphatic heterocycles. The molecule has 6 heteroatoms. The van der Waals surface area contributed by atoms with Crippen molar-refractivity contribution in [2.24, 2.45) is 0 Å². The molecule has 122 valence electrons. The summed E-state index contributed by atoms with van der Waals surface area (Å²) in [6.45, 7) is 9.30. The molecule has 3 rings (SSSR count). The number of hydrogen-bond donors (Lipinski definition) is 0. The third-order valence-electron chi connectivity index (χ3n) is 4.33. The number of amides is 1. The molecule has 6 nitrogen and oxygen atoms in total. The van der Waals surface area contributed by atoms with Gasteiger partial charge < -0.3 is 4.90 Å². The molecule has 3 heterocycles. The maximum absolute atomic E-state index is 11.5. The van der Waals surface area contributed by atoms with Gasteiger partial charge >= 0.3 is 0 Å². The number of rotatable bonds is 3. The normalized spacial score (nSPS) is 18.0. The van der Waals surface area contributed by atoms with Gasteiger partial charge in [0.1, 0.15) is 5.82 Å². The second kappa shape index (κ2) is 6.10. The van der Waals surface area contributed by atoms with Crippen molar-refractivity contribution in [2.45, 2.75) is 46.1 Å². The van der Waals surface area contributed by atoms with Crippen molar-refractivity contribution >= 4 is 5.91 Å². The highest BCUT2D eigenvalue weighted by Gasteiger charge is 2.27. The van der Waals surface area contributed by atoms with Crippen molar-refractivity contribution in [3.05, 3.63) is 29.8 Å². The van der Waals surface area contributed by atoms with Crippen LogP contribution in [0.2, 0.25) is 0 Å². The van der Waals surface area contributed by atoms with Gasteiger partial charge in [-0.3, -0.25) is 9.48 Å². The van der Waals surface area contributed by atoms with E-state index in [0.717, 1.165) is 42.4 Å². The predicted octanol–water partition coefficient (Wildman–Crippen LogP) is 2.57. The van der Waals surface area contributed by atoms with Gasteiger partial charge in [0.15, 0.2) is 0 Å². The highest BCUT2D eigenvalue weighted by atomic mass is 16.2. The lowest BCUT2D eigenvalue weighted by Gasteiger charge is -2.15. The standard InChI is InChI=1S/C17H23N5O/c1-11(2)22-17(5-7-18-22)16-9-15(19-12(3)20-16)14-6-8-21(10-14)13(4)23/h5,7,9,11,14H,6,8,10H2,1-4H3/t14-/m0/s1. The fourth-order valence-corrected chi connectivity index (χ4v) is 3.15. The maximum Gasteiger partial charge on any atom is 0.219 e. The summed E-state index contributed by atoms with van der Waals surface area (Å²) in [6, 6.07) is 4.32.